The molecule has 0 spiro atoms. The lowest BCUT2D eigenvalue weighted by molar-refractivity contribution is 0.0958. The predicted molar refractivity (Wildman–Crippen MR) is 86.1 cm³/mol. The van der Waals surface area contributed by atoms with Gasteiger partial charge in [0, 0.05) is 37.9 Å². The van der Waals surface area contributed by atoms with Crippen molar-refractivity contribution in [2.75, 3.05) is 30.4 Å². The van der Waals surface area contributed by atoms with Gasteiger partial charge in [0.1, 0.15) is 17.8 Å². The number of rotatable bonds is 4. The summed E-state index contributed by atoms with van der Waals surface area (Å²) in [6, 6.07) is 12.3. The van der Waals surface area contributed by atoms with E-state index in [1.807, 2.05) is 18.2 Å². The first-order valence-corrected chi connectivity index (χ1v) is 7.37. The molecule has 1 saturated heterocycles. The Morgan fingerprint density at radius 1 is 1.27 bits per heavy atom. The predicted octanol–water partition coefficient (Wildman–Crippen LogP) is 1.53. The summed E-state index contributed by atoms with van der Waals surface area (Å²) in [7, 11) is 1.60. The maximum atomic E-state index is 11.7. The molecule has 6 nitrogen and oxygen atoms in total. The van der Waals surface area contributed by atoms with E-state index in [9.17, 15) is 4.79 Å². The van der Waals surface area contributed by atoms with Crippen molar-refractivity contribution in [2.24, 2.45) is 0 Å². The highest BCUT2D eigenvalue weighted by Crippen LogP contribution is 2.20. The van der Waals surface area contributed by atoms with Gasteiger partial charge in [-0.2, -0.15) is 0 Å². The molecule has 1 atom stereocenters. The van der Waals surface area contributed by atoms with E-state index in [1.165, 1.54) is 6.33 Å². The van der Waals surface area contributed by atoms with E-state index in [4.69, 9.17) is 0 Å². The Balaban J connectivity index is 1.66. The first-order chi connectivity index (χ1) is 10.8. The summed E-state index contributed by atoms with van der Waals surface area (Å²) in [5, 5.41) is 6.11. The van der Waals surface area contributed by atoms with Crippen molar-refractivity contribution < 1.29 is 4.79 Å². The fraction of sp³-hybridized carbons (Fsp3) is 0.312. The molecule has 6 heteroatoms. The van der Waals surface area contributed by atoms with Gasteiger partial charge in [-0.3, -0.25) is 4.79 Å². The zero-order chi connectivity index (χ0) is 15.4. The molecule has 2 N–H and O–H groups in total. The van der Waals surface area contributed by atoms with Gasteiger partial charge in [0.2, 0.25) is 0 Å². The first kappa shape index (κ1) is 14.3. The fourth-order valence-electron chi connectivity index (χ4n) is 2.63. The van der Waals surface area contributed by atoms with Gasteiger partial charge in [-0.05, 0) is 18.6 Å². The van der Waals surface area contributed by atoms with Gasteiger partial charge in [-0.25, -0.2) is 9.97 Å². The van der Waals surface area contributed by atoms with Crippen molar-refractivity contribution in [1.29, 1.82) is 0 Å². The van der Waals surface area contributed by atoms with Crippen LogP contribution < -0.4 is 15.5 Å². The highest BCUT2D eigenvalue weighted by Gasteiger charge is 2.24. The number of carbonyl (C=O) groups is 1. The number of anilines is 2. The molecule has 0 bridgehead atoms. The lowest BCUT2D eigenvalue weighted by Gasteiger charge is -2.18. The lowest BCUT2D eigenvalue weighted by atomic mass is 10.2. The van der Waals surface area contributed by atoms with E-state index in [2.05, 4.69) is 37.6 Å². The molecule has 0 saturated carbocycles. The number of nitrogens with one attached hydrogen (secondary N) is 2. The van der Waals surface area contributed by atoms with E-state index >= 15 is 0 Å². The van der Waals surface area contributed by atoms with Gasteiger partial charge in [0.15, 0.2) is 0 Å². The molecular weight excluding hydrogens is 278 g/mol. The van der Waals surface area contributed by atoms with Crippen molar-refractivity contribution in [2.45, 2.75) is 12.5 Å². The van der Waals surface area contributed by atoms with Crippen LogP contribution in [0.3, 0.4) is 0 Å². The fourth-order valence-corrected chi connectivity index (χ4v) is 2.63. The van der Waals surface area contributed by atoms with E-state index in [0.29, 0.717) is 11.7 Å². The van der Waals surface area contributed by atoms with E-state index in [0.717, 1.165) is 31.0 Å². The zero-order valence-corrected chi connectivity index (χ0v) is 12.5. The minimum atomic E-state index is -0.193. The molecule has 1 aliphatic heterocycles. The van der Waals surface area contributed by atoms with Crippen LogP contribution in [0.1, 0.15) is 16.9 Å². The van der Waals surface area contributed by atoms with Crippen molar-refractivity contribution in [3.8, 4) is 0 Å². The SMILES string of the molecule is CNC(=O)c1cc(N2CCC(Nc3ccccc3)C2)ncn1. The second kappa shape index (κ2) is 6.43. The topological polar surface area (TPSA) is 70.2 Å². The van der Waals surface area contributed by atoms with Crippen LogP contribution in [0.15, 0.2) is 42.7 Å². The highest BCUT2D eigenvalue weighted by atomic mass is 16.1. The summed E-state index contributed by atoms with van der Waals surface area (Å²) in [4.78, 5) is 22.1. The second-order valence-corrected chi connectivity index (χ2v) is 5.28. The average molecular weight is 297 g/mol. The third-order valence-corrected chi connectivity index (χ3v) is 3.77. The Kier molecular flexibility index (Phi) is 4.18. The standard InChI is InChI=1S/C16H19N5O/c1-17-16(22)14-9-15(19-11-18-14)21-8-7-13(10-21)20-12-5-3-2-4-6-12/h2-6,9,11,13,20H,7-8,10H2,1H3,(H,17,22). The molecule has 0 aliphatic carbocycles. The van der Waals surface area contributed by atoms with Crippen molar-refractivity contribution in [1.82, 2.24) is 15.3 Å². The summed E-state index contributed by atoms with van der Waals surface area (Å²) >= 11 is 0. The first-order valence-electron chi connectivity index (χ1n) is 7.37. The third kappa shape index (κ3) is 3.16. The van der Waals surface area contributed by atoms with Crippen molar-refractivity contribution in [3.05, 3.63) is 48.4 Å². The number of hydrogen-bond donors (Lipinski definition) is 2. The van der Waals surface area contributed by atoms with E-state index in [1.54, 1.807) is 13.1 Å². The third-order valence-electron chi connectivity index (χ3n) is 3.77. The quantitative estimate of drug-likeness (QED) is 0.895. The Hall–Kier alpha value is -2.63. The summed E-state index contributed by atoms with van der Waals surface area (Å²) in [6.07, 6.45) is 2.48. The van der Waals surface area contributed by atoms with Crippen molar-refractivity contribution in [3.63, 3.8) is 0 Å². The Bertz CT molecular complexity index is 646. The number of hydrogen-bond acceptors (Lipinski definition) is 5. The van der Waals surface area contributed by atoms with Crippen LogP contribution in [0.4, 0.5) is 11.5 Å². The normalized spacial score (nSPS) is 17.3. The Morgan fingerprint density at radius 2 is 2.09 bits per heavy atom. The number of aromatic nitrogens is 2. The molecule has 3 rings (SSSR count). The number of benzene rings is 1. The smallest absolute Gasteiger partial charge is 0.269 e. The minimum absolute atomic E-state index is 0.193. The van der Waals surface area contributed by atoms with Crippen LogP contribution in [0.25, 0.3) is 0 Å². The van der Waals surface area contributed by atoms with Crippen LogP contribution >= 0.6 is 0 Å². The summed E-state index contributed by atoms with van der Waals surface area (Å²) in [6.45, 7) is 1.77. The Morgan fingerprint density at radius 3 is 2.86 bits per heavy atom. The zero-order valence-electron chi connectivity index (χ0n) is 12.5. The van der Waals surface area contributed by atoms with Gasteiger partial charge in [0.05, 0.1) is 0 Å². The average Bonchev–Trinajstić information content (AvgIpc) is 3.04. The van der Waals surface area contributed by atoms with Gasteiger partial charge >= 0.3 is 0 Å². The van der Waals surface area contributed by atoms with Gasteiger partial charge in [-0.15, -0.1) is 0 Å². The second-order valence-electron chi connectivity index (χ2n) is 5.28. The minimum Gasteiger partial charge on any atom is -0.380 e. The maximum absolute atomic E-state index is 11.7. The van der Waals surface area contributed by atoms with Crippen LogP contribution in [0, 0.1) is 0 Å². The summed E-state index contributed by atoms with van der Waals surface area (Å²) < 4.78 is 0. The summed E-state index contributed by atoms with van der Waals surface area (Å²) in [5.74, 6) is 0.604. The number of para-hydroxylation sites is 1. The molecule has 2 aromatic rings. The molecule has 1 aromatic carbocycles. The van der Waals surface area contributed by atoms with Crippen LogP contribution in [0.5, 0.6) is 0 Å². The van der Waals surface area contributed by atoms with Gasteiger partial charge in [-0.1, -0.05) is 18.2 Å². The van der Waals surface area contributed by atoms with Crippen molar-refractivity contribution >= 4 is 17.4 Å². The molecule has 0 radical (unpaired) electrons. The lowest BCUT2D eigenvalue weighted by Crippen LogP contribution is -2.27. The largest absolute Gasteiger partial charge is 0.380 e. The number of amides is 1. The van der Waals surface area contributed by atoms with E-state index < -0.39 is 0 Å². The molecular formula is C16H19N5O. The van der Waals surface area contributed by atoms with Gasteiger partial charge in [0.25, 0.3) is 5.91 Å². The van der Waals surface area contributed by atoms with Crippen LogP contribution in [-0.4, -0.2) is 42.1 Å². The van der Waals surface area contributed by atoms with E-state index in [-0.39, 0.29) is 5.91 Å². The molecule has 22 heavy (non-hydrogen) atoms. The molecule has 1 aliphatic rings. The van der Waals surface area contributed by atoms with Crippen LogP contribution in [-0.2, 0) is 0 Å². The molecule has 1 fully saturated rings. The van der Waals surface area contributed by atoms with Gasteiger partial charge < -0.3 is 15.5 Å². The maximum Gasteiger partial charge on any atom is 0.269 e. The molecule has 1 amide bonds. The molecule has 1 aromatic heterocycles. The number of nitrogens with zero attached hydrogens (tertiary/aromatic N) is 3. The number of carbonyl (C=O) groups excluding carboxylic acids is 1. The molecule has 2 heterocycles. The molecule has 114 valence electrons. The summed E-state index contributed by atoms with van der Waals surface area (Å²) in [5.41, 5.74) is 1.52. The highest BCUT2D eigenvalue weighted by molar-refractivity contribution is 5.92. The van der Waals surface area contributed by atoms with Crippen LogP contribution in [0.2, 0.25) is 0 Å². The Labute approximate surface area is 129 Å². The molecule has 1 unspecified atom stereocenters. The monoisotopic (exact) mass is 297 g/mol.